The molecule has 3 rings (SSSR count). The summed E-state index contributed by atoms with van der Waals surface area (Å²) in [6, 6.07) is 26.6. The van der Waals surface area contributed by atoms with E-state index >= 15 is 0 Å². The monoisotopic (exact) mass is 323 g/mol. The molecule has 0 aromatic heterocycles. The second kappa shape index (κ2) is 6.93. The molecule has 0 aliphatic heterocycles. The minimum absolute atomic E-state index is 0.250. The molecule has 116 valence electrons. The molecule has 0 atom stereocenters. The van der Waals surface area contributed by atoms with Crippen LogP contribution in [0.15, 0.2) is 84.9 Å². The zero-order chi connectivity index (χ0) is 16.1. The average molecular weight is 323 g/mol. The third-order valence-corrected chi connectivity index (χ3v) is 7.01. The minimum Gasteiger partial charge on any atom is -0.316 e. The number of rotatable bonds is 5. The fourth-order valence-corrected chi connectivity index (χ4v) is 5.65. The largest absolute Gasteiger partial charge is 0.316 e. The van der Waals surface area contributed by atoms with Crippen molar-refractivity contribution in [3.63, 3.8) is 0 Å². The molecule has 0 radical (unpaired) electrons. The quantitative estimate of drug-likeness (QED) is 0.561. The first-order chi connectivity index (χ1) is 11.3. The second-order valence-corrected chi connectivity index (χ2v) is 7.98. The molecule has 0 unspecified atom stereocenters. The number of hydrogen-bond acceptors (Lipinski definition) is 3. The van der Waals surface area contributed by atoms with Gasteiger partial charge < -0.3 is 9.77 Å². The van der Waals surface area contributed by atoms with Gasteiger partial charge in [-0.2, -0.15) is 0 Å². The summed E-state index contributed by atoms with van der Waals surface area (Å²) >= 11 is 0. The number of hydrogen-bond donors (Lipinski definition) is 2. The van der Waals surface area contributed by atoms with Crippen molar-refractivity contribution < 1.29 is 9.77 Å². The van der Waals surface area contributed by atoms with Gasteiger partial charge in [0, 0.05) is 22.5 Å². The lowest BCUT2D eigenvalue weighted by Crippen LogP contribution is -2.28. The third-order valence-electron chi connectivity index (χ3n) is 3.84. The highest BCUT2D eigenvalue weighted by Gasteiger charge is 2.31. The molecular formula is C19H18NO2P. The number of nitrogens with one attached hydrogen (secondary N) is 1. The van der Waals surface area contributed by atoms with Gasteiger partial charge in [-0.15, -0.1) is 0 Å². The highest BCUT2D eigenvalue weighted by molar-refractivity contribution is 7.85. The molecule has 0 aliphatic carbocycles. The molecular weight excluding hydrogens is 305 g/mol. The van der Waals surface area contributed by atoms with Crippen LogP contribution in [0.2, 0.25) is 0 Å². The van der Waals surface area contributed by atoms with Gasteiger partial charge in [0.15, 0.2) is 7.14 Å². The average Bonchev–Trinajstić information content (AvgIpc) is 2.63. The maximum atomic E-state index is 14.2. The van der Waals surface area contributed by atoms with E-state index in [4.69, 9.17) is 5.21 Å². The molecule has 23 heavy (non-hydrogen) atoms. The van der Waals surface area contributed by atoms with Gasteiger partial charge >= 0.3 is 0 Å². The normalized spacial score (nSPS) is 11.3. The summed E-state index contributed by atoms with van der Waals surface area (Å²) in [4.78, 5) is 0. The summed E-state index contributed by atoms with van der Waals surface area (Å²) in [5.41, 5.74) is 3.00. The molecule has 3 aromatic carbocycles. The van der Waals surface area contributed by atoms with E-state index in [9.17, 15) is 4.57 Å². The van der Waals surface area contributed by atoms with Gasteiger partial charge in [0.25, 0.3) is 0 Å². The van der Waals surface area contributed by atoms with E-state index in [-0.39, 0.29) is 6.54 Å². The Morgan fingerprint density at radius 2 is 1.22 bits per heavy atom. The second-order valence-electron chi connectivity index (χ2n) is 5.24. The van der Waals surface area contributed by atoms with Crippen LogP contribution >= 0.6 is 7.14 Å². The predicted molar refractivity (Wildman–Crippen MR) is 94.5 cm³/mol. The molecule has 0 heterocycles. The molecule has 0 bridgehead atoms. The van der Waals surface area contributed by atoms with Crippen LogP contribution in [0.4, 0.5) is 0 Å². The first-order valence-electron chi connectivity index (χ1n) is 7.43. The van der Waals surface area contributed by atoms with Gasteiger partial charge in [0.05, 0.1) is 0 Å². The van der Waals surface area contributed by atoms with Gasteiger partial charge in [-0.05, 0) is 5.56 Å². The number of benzene rings is 3. The zero-order valence-corrected chi connectivity index (χ0v) is 13.5. The smallest absolute Gasteiger partial charge is 0.171 e. The van der Waals surface area contributed by atoms with Crippen molar-refractivity contribution in [1.82, 2.24) is 5.48 Å². The van der Waals surface area contributed by atoms with Crippen LogP contribution in [0.5, 0.6) is 0 Å². The predicted octanol–water partition coefficient (Wildman–Crippen LogP) is 2.80. The van der Waals surface area contributed by atoms with Crippen LogP contribution in [0.3, 0.4) is 0 Å². The third kappa shape index (κ3) is 2.99. The maximum Gasteiger partial charge on any atom is 0.171 e. The first kappa shape index (κ1) is 15.7. The van der Waals surface area contributed by atoms with E-state index in [2.05, 4.69) is 5.48 Å². The van der Waals surface area contributed by atoms with E-state index < -0.39 is 7.14 Å². The Morgan fingerprint density at radius 1 is 0.739 bits per heavy atom. The van der Waals surface area contributed by atoms with Crippen molar-refractivity contribution in [1.29, 1.82) is 0 Å². The number of hydroxylamine groups is 1. The van der Waals surface area contributed by atoms with Crippen LogP contribution in [0.1, 0.15) is 5.56 Å². The summed E-state index contributed by atoms with van der Waals surface area (Å²) in [6.45, 7) is 0.250. The van der Waals surface area contributed by atoms with Gasteiger partial charge in [-0.25, -0.2) is 5.48 Å². The molecule has 0 amide bonds. The lowest BCUT2D eigenvalue weighted by molar-refractivity contribution is 0.161. The Labute approximate surface area is 135 Å². The molecule has 0 saturated carbocycles. The lowest BCUT2D eigenvalue weighted by atomic mass is 10.2. The fraction of sp³-hybridized carbons (Fsp3) is 0.0526. The van der Waals surface area contributed by atoms with Crippen molar-refractivity contribution in [3.05, 3.63) is 90.5 Å². The molecule has 3 nitrogen and oxygen atoms in total. The van der Waals surface area contributed by atoms with Crippen LogP contribution in [0.25, 0.3) is 0 Å². The molecule has 3 aromatic rings. The topological polar surface area (TPSA) is 49.3 Å². The van der Waals surface area contributed by atoms with Crippen molar-refractivity contribution in [2.45, 2.75) is 6.54 Å². The van der Waals surface area contributed by atoms with Crippen molar-refractivity contribution in [3.8, 4) is 0 Å². The van der Waals surface area contributed by atoms with Crippen LogP contribution in [-0.4, -0.2) is 5.21 Å². The molecule has 0 aliphatic rings. The Balaban J connectivity index is 2.28. The van der Waals surface area contributed by atoms with Crippen molar-refractivity contribution in [2.24, 2.45) is 0 Å². The van der Waals surface area contributed by atoms with Crippen molar-refractivity contribution in [2.75, 3.05) is 0 Å². The molecule has 4 heteroatoms. The molecule has 0 spiro atoms. The van der Waals surface area contributed by atoms with E-state index in [0.29, 0.717) is 0 Å². The van der Waals surface area contributed by atoms with Crippen molar-refractivity contribution >= 4 is 23.1 Å². The SMILES string of the molecule is O=P(c1ccccc1)(c1ccccc1)c1ccccc1CNO. The summed E-state index contributed by atoms with van der Waals surface area (Å²) < 4.78 is 14.2. The summed E-state index contributed by atoms with van der Waals surface area (Å²) in [5.74, 6) is 0. The van der Waals surface area contributed by atoms with Gasteiger partial charge in [-0.3, -0.25) is 0 Å². The summed E-state index contributed by atoms with van der Waals surface area (Å²) in [7, 11) is -2.99. The van der Waals surface area contributed by atoms with Crippen LogP contribution in [-0.2, 0) is 11.1 Å². The Morgan fingerprint density at radius 3 is 1.74 bits per heavy atom. The lowest BCUT2D eigenvalue weighted by Gasteiger charge is -2.22. The van der Waals surface area contributed by atoms with Crippen LogP contribution in [0, 0.1) is 0 Å². The first-order valence-corrected chi connectivity index (χ1v) is 9.14. The minimum atomic E-state index is -2.99. The van der Waals surface area contributed by atoms with Gasteiger partial charge in [0.1, 0.15) is 0 Å². The van der Waals surface area contributed by atoms with Crippen LogP contribution < -0.4 is 21.4 Å². The Kier molecular flexibility index (Phi) is 4.73. The van der Waals surface area contributed by atoms with E-state index in [1.807, 2.05) is 84.9 Å². The van der Waals surface area contributed by atoms with Gasteiger partial charge in [0.2, 0.25) is 0 Å². The van der Waals surface area contributed by atoms with Gasteiger partial charge in [-0.1, -0.05) is 84.9 Å². The summed E-state index contributed by atoms with van der Waals surface area (Å²) in [5, 5.41) is 11.4. The standard InChI is InChI=1S/C19H18NO2P/c21-20-15-16-9-7-8-14-19(16)23(22,17-10-3-1-4-11-17)18-12-5-2-6-13-18/h1-14,20-21H,15H2. The maximum absolute atomic E-state index is 14.2. The van der Waals surface area contributed by atoms with E-state index in [1.165, 1.54) is 0 Å². The Hall–Kier alpha value is -2.19. The molecule has 2 N–H and O–H groups in total. The Bertz CT molecular complexity index is 776. The highest BCUT2D eigenvalue weighted by atomic mass is 31.2. The summed E-state index contributed by atoms with van der Waals surface area (Å²) in [6.07, 6.45) is 0. The molecule has 0 fully saturated rings. The van der Waals surface area contributed by atoms with E-state index in [0.717, 1.165) is 21.5 Å². The van der Waals surface area contributed by atoms with E-state index in [1.54, 1.807) is 0 Å². The fourth-order valence-electron chi connectivity index (χ4n) is 2.76. The zero-order valence-electron chi connectivity index (χ0n) is 12.6. The molecule has 0 saturated heterocycles. The highest BCUT2D eigenvalue weighted by Crippen LogP contribution is 2.43.